The topological polar surface area (TPSA) is 51.2 Å². The van der Waals surface area contributed by atoms with E-state index in [-0.39, 0.29) is 11.9 Å². The van der Waals surface area contributed by atoms with E-state index in [1.807, 2.05) is 55.5 Å². The third kappa shape index (κ3) is 4.03. The van der Waals surface area contributed by atoms with Gasteiger partial charge in [-0.05, 0) is 60.0 Å². The van der Waals surface area contributed by atoms with Crippen LogP contribution in [0.15, 0.2) is 67.0 Å². The number of nitrogens with one attached hydrogen (secondary N) is 1. The second-order valence-corrected chi connectivity index (χ2v) is 6.33. The van der Waals surface area contributed by atoms with Crippen LogP contribution in [0, 0.1) is 0 Å². The SMILES string of the molecule is COc1cc(-c2ccncc2)ccc1C(=O)N[C@H](C)c1ccc(Cl)cc1. The van der Waals surface area contributed by atoms with Crippen LogP contribution in [-0.2, 0) is 0 Å². The van der Waals surface area contributed by atoms with E-state index in [1.54, 1.807) is 25.6 Å². The van der Waals surface area contributed by atoms with Crippen LogP contribution in [0.5, 0.6) is 5.75 Å². The zero-order valence-electron chi connectivity index (χ0n) is 14.6. The predicted octanol–water partition coefficient (Wildman–Crippen LogP) is 4.90. The fourth-order valence-corrected chi connectivity index (χ4v) is 2.84. The second kappa shape index (κ2) is 8.02. The van der Waals surface area contributed by atoms with Crippen molar-refractivity contribution in [1.82, 2.24) is 10.3 Å². The summed E-state index contributed by atoms with van der Waals surface area (Å²) < 4.78 is 5.44. The predicted molar refractivity (Wildman–Crippen MR) is 104 cm³/mol. The number of carbonyl (C=O) groups is 1. The van der Waals surface area contributed by atoms with Gasteiger partial charge in [0.25, 0.3) is 5.91 Å². The maximum Gasteiger partial charge on any atom is 0.255 e. The zero-order valence-corrected chi connectivity index (χ0v) is 15.3. The van der Waals surface area contributed by atoms with Gasteiger partial charge in [0.05, 0.1) is 18.7 Å². The van der Waals surface area contributed by atoms with Crippen molar-refractivity contribution in [2.75, 3.05) is 7.11 Å². The molecule has 1 heterocycles. The number of halogens is 1. The highest BCUT2D eigenvalue weighted by Crippen LogP contribution is 2.27. The van der Waals surface area contributed by atoms with Gasteiger partial charge in [0, 0.05) is 17.4 Å². The minimum atomic E-state index is -0.189. The van der Waals surface area contributed by atoms with Gasteiger partial charge in [0.2, 0.25) is 0 Å². The number of amides is 1. The number of nitrogens with zero attached hydrogens (tertiary/aromatic N) is 1. The van der Waals surface area contributed by atoms with E-state index in [1.165, 1.54) is 0 Å². The Bertz CT molecular complexity index is 896. The van der Waals surface area contributed by atoms with E-state index < -0.39 is 0 Å². The average Bonchev–Trinajstić information content (AvgIpc) is 2.68. The molecule has 1 N–H and O–H groups in total. The lowest BCUT2D eigenvalue weighted by atomic mass is 10.0. The van der Waals surface area contributed by atoms with E-state index in [4.69, 9.17) is 16.3 Å². The Morgan fingerprint density at radius 1 is 1.04 bits per heavy atom. The molecule has 2 aromatic carbocycles. The normalized spacial score (nSPS) is 11.7. The van der Waals surface area contributed by atoms with E-state index in [0.717, 1.165) is 16.7 Å². The van der Waals surface area contributed by atoms with Crippen molar-refractivity contribution in [3.8, 4) is 16.9 Å². The molecule has 3 rings (SSSR count). The summed E-state index contributed by atoms with van der Waals surface area (Å²) in [5.74, 6) is 0.339. The maximum absolute atomic E-state index is 12.7. The zero-order chi connectivity index (χ0) is 18.5. The van der Waals surface area contributed by atoms with E-state index in [9.17, 15) is 4.79 Å². The van der Waals surface area contributed by atoms with Crippen molar-refractivity contribution in [1.29, 1.82) is 0 Å². The lowest BCUT2D eigenvalue weighted by Gasteiger charge is -2.16. The fourth-order valence-electron chi connectivity index (χ4n) is 2.71. The van der Waals surface area contributed by atoms with Crippen LogP contribution in [-0.4, -0.2) is 18.0 Å². The first-order chi connectivity index (χ1) is 12.6. The molecule has 26 heavy (non-hydrogen) atoms. The van der Waals surface area contributed by atoms with Crippen molar-refractivity contribution in [3.63, 3.8) is 0 Å². The third-order valence-corrected chi connectivity index (χ3v) is 4.43. The van der Waals surface area contributed by atoms with Crippen LogP contribution in [0.4, 0.5) is 0 Å². The summed E-state index contributed by atoms with van der Waals surface area (Å²) in [6, 6.07) is 16.6. The number of hydrogen-bond acceptors (Lipinski definition) is 3. The monoisotopic (exact) mass is 366 g/mol. The first kappa shape index (κ1) is 18.0. The molecule has 1 atom stereocenters. The number of pyridine rings is 1. The molecule has 0 aliphatic heterocycles. The summed E-state index contributed by atoms with van der Waals surface area (Å²) in [6.07, 6.45) is 3.46. The van der Waals surface area contributed by atoms with Gasteiger partial charge in [-0.25, -0.2) is 0 Å². The highest BCUT2D eigenvalue weighted by molar-refractivity contribution is 6.30. The minimum absolute atomic E-state index is 0.149. The van der Waals surface area contributed by atoms with Crippen LogP contribution in [0.2, 0.25) is 5.02 Å². The summed E-state index contributed by atoms with van der Waals surface area (Å²) in [4.78, 5) is 16.7. The number of hydrogen-bond donors (Lipinski definition) is 1. The van der Waals surface area contributed by atoms with Crippen LogP contribution in [0.25, 0.3) is 11.1 Å². The highest BCUT2D eigenvalue weighted by atomic mass is 35.5. The Morgan fingerprint density at radius 2 is 1.73 bits per heavy atom. The van der Waals surface area contributed by atoms with Crippen LogP contribution in [0.1, 0.15) is 28.9 Å². The van der Waals surface area contributed by atoms with Gasteiger partial charge in [-0.3, -0.25) is 9.78 Å². The molecule has 0 radical (unpaired) electrons. The first-order valence-corrected chi connectivity index (χ1v) is 8.61. The van der Waals surface area contributed by atoms with Crippen molar-refractivity contribution in [2.45, 2.75) is 13.0 Å². The second-order valence-electron chi connectivity index (χ2n) is 5.90. The lowest BCUT2D eigenvalue weighted by molar-refractivity contribution is 0.0937. The highest BCUT2D eigenvalue weighted by Gasteiger charge is 2.16. The molecule has 0 saturated carbocycles. The number of benzene rings is 2. The number of ether oxygens (including phenoxy) is 1. The third-order valence-electron chi connectivity index (χ3n) is 4.18. The standard InChI is InChI=1S/C21H19ClN2O2/c1-14(15-3-6-18(22)7-4-15)24-21(25)19-8-5-17(13-20(19)26-2)16-9-11-23-12-10-16/h3-14H,1-2H3,(H,24,25)/t14-/m1/s1. The quantitative estimate of drug-likeness (QED) is 0.698. The summed E-state index contributed by atoms with van der Waals surface area (Å²) in [5.41, 5.74) is 3.45. The van der Waals surface area contributed by atoms with E-state index in [2.05, 4.69) is 10.3 Å². The molecular weight excluding hydrogens is 348 g/mol. The van der Waals surface area contributed by atoms with Crippen LogP contribution >= 0.6 is 11.6 Å². The average molecular weight is 367 g/mol. The molecule has 1 amide bonds. The Hall–Kier alpha value is -2.85. The molecule has 4 nitrogen and oxygen atoms in total. The van der Waals surface area contributed by atoms with Gasteiger partial charge in [0.15, 0.2) is 0 Å². The van der Waals surface area contributed by atoms with Gasteiger partial charge >= 0.3 is 0 Å². The minimum Gasteiger partial charge on any atom is -0.496 e. The molecular formula is C21H19ClN2O2. The molecule has 3 aromatic rings. The number of aromatic nitrogens is 1. The van der Waals surface area contributed by atoms with Gasteiger partial charge in [-0.2, -0.15) is 0 Å². The van der Waals surface area contributed by atoms with Gasteiger partial charge in [0.1, 0.15) is 5.75 Å². The summed E-state index contributed by atoms with van der Waals surface area (Å²) in [5, 5.41) is 3.66. The molecule has 0 bridgehead atoms. The fraction of sp³-hybridized carbons (Fsp3) is 0.143. The molecule has 0 aliphatic carbocycles. The molecule has 0 spiro atoms. The van der Waals surface area contributed by atoms with Crippen molar-refractivity contribution in [2.24, 2.45) is 0 Å². The first-order valence-electron chi connectivity index (χ1n) is 8.23. The molecule has 0 aliphatic rings. The smallest absolute Gasteiger partial charge is 0.255 e. The van der Waals surface area contributed by atoms with Crippen LogP contribution < -0.4 is 10.1 Å². The molecule has 0 saturated heterocycles. The summed E-state index contributed by atoms with van der Waals surface area (Å²) in [7, 11) is 1.56. The Labute approximate surface area is 157 Å². The molecule has 5 heteroatoms. The molecule has 0 unspecified atom stereocenters. The van der Waals surface area contributed by atoms with Crippen molar-refractivity contribution < 1.29 is 9.53 Å². The summed E-state index contributed by atoms with van der Waals surface area (Å²) in [6.45, 7) is 1.93. The Morgan fingerprint density at radius 3 is 2.38 bits per heavy atom. The van der Waals surface area contributed by atoms with Crippen molar-refractivity contribution >= 4 is 17.5 Å². The number of methoxy groups -OCH3 is 1. The van der Waals surface area contributed by atoms with Crippen LogP contribution in [0.3, 0.4) is 0 Å². The van der Waals surface area contributed by atoms with Gasteiger partial charge in [-0.15, -0.1) is 0 Å². The Kier molecular flexibility index (Phi) is 5.54. The molecule has 132 valence electrons. The maximum atomic E-state index is 12.7. The molecule has 1 aromatic heterocycles. The van der Waals surface area contributed by atoms with Gasteiger partial charge < -0.3 is 10.1 Å². The largest absolute Gasteiger partial charge is 0.496 e. The summed E-state index contributed by atoms with van der Waals surface area (Å²) >= 11 is 5.92. The van der Waals surface area contributed by atoms with E-state index in [0.29, 0.717) is 16.3 Å². The Balaban J connectivity index is 1.81. The number of carbonyl (C=O) groups excluding carboxylic acids is 1. The number of rotatable bonds is 5. The lowest BCUT2D eigenvalue weighted by Crippen LogP contribution is -2.27. The molecule has 0 fully saturated rings. The van der Waals surface area contributed by atoms with Gasteiger partial charge in [-0.1, -0.05) is 29.8 Å². The van der Waals surface area contributed by atoms with E-state index >= 15 is 0 Å². The van der Waals surface area contributed by atoms with Crippen molar-refractivity contribution in [3.05, 3.63) is 83.1 Å².